The van der Waals surface area contributed by atoms with Crippen molar-refractivity contribution in [2.75, 3.05) is 39.8 Å². The number of carbonyl (C=O) groups excluding carboxylic acids is 2. The van der Waals surface area contributed by atoms with Crippen LogP contribution >= 0.6 is 12.4 Å². The summed E-state index contributed by atoms with van der Waals surface area (Å²) in [5.74, 6) is -0.255. The van der Waals surface area contributed by atoms with Crippen LogP contribution in [-0.4, -0.2) is 71.2 Å². The number of amides is 2. The molecule has 1 unspecified atom stereocenters. The zero-order valence-corrected chi connectivity index (χ0v) is 15.5. The molecular formula is C16H28ClN5O2. The van der Waals surface area contributed by atoms with Crippen LogP contribution in [0.2, 0.25) is 0 Å². The second kappa shape index (κ2) is 9.64. The van der Waals surface area contributed by atoms with Gasteiger partial charge in [-0.3, -0.25) is 14.3 Å². The Morgan fingerprint density at radius 3 is 2.67 bits per heavy atom. The molecule has 1 N–H and O–H groups in total. The molecule has 1 fully saturated rings. The minimum absolute atomic E-state index is 0. The predicted octanol–water partition coefficient (Wildman–Crippen LogP) is 1.17. The summed E-state index contributed by atoms with van der Waals surface area (Å²) < 4.78 is 1.86. The largest absolute Gasteiger partial charge is 0.342 e. The second-order valence-corrected chi connectivity index (χ2v) is 5.91. The van der Waals surface area contributed by atoms with Gasteiger partial charge in [-0.05, 0) is 39.3 Å². The van der Waals surface area contributed by atoms with Crippen LogP contribution < -0.4 is 5.32 Å². The van der Waals surface area contributed by atoms with Gasteiger partial charge in [-0.1, -0.05) is 0 Å². The van der Waals surface area contributed by atoms with Gasteiger partial charge in [0.1, 0.15) is 5.69 Å². The number of aromatic nitrogens is 2. The Labute approximate surface area is 149 Å². The highest BCUT2D eigenvalue weighted by Gasteiger charge is 2.21. The zero-order valence-electron chi connectivity index (χ0n) is 14.7. The van der Waals surface area contributed by atoms with E-state index < -0.39 is 0 Å². The first-order valence-corrected chi connectivity index (χ1v) is 8.35. The Balaban J connectivity index is 0.00000288. The van der Waals surface area contributed by atoms with Crippen molar-refractivity contribution in [2.24, 2.45) is 0 Å². The van der Waals surface area contributed by atoms with Crippen molar-refractivity contribution in [3.8, 4) is 0 Å². The van der Waals surface area contributed by atoms with E-state index in [1.165, 1.54) is 4.90 Å². The van der Waals surface area contributed by atoms with Gasteiger partial charge < -0.3 is 15.1 Å². The summed E-state index contributed by atoms with van der Waals surface area (Å²) in [5.41, 5.74) is 0.394. The van der Waals surface area contributed by atoms with E-state index in [9.17, 15) is 9.59 Å². The molecule has 2 heterocycles. The van der Waals surface area contributed by atoms with Crippen molar-refractivity contribution < 1.29 is 9.59 Å². The standard InChI is InChI=1S/C16H27N5O2.ClH/c1-4-20(5-2)15(22)12-19(3)16(23)14-8-10-21(18-14)13-7-6-9-17-11-13;/h8,10,13,17H,4-7,9,11-12H2,1-3H3;1H. The van der Waals surface area contributed by atoms with Gasteiger partial charge in [0, 0.05) is 32.9 Å². The lowest BCUT2D eigenvalue weighted by Gasteiger charge is -2.23. The minimum Gasteiger partial charge on any atom is -0.342 e. The molecule has 0 spiro atoms. The fourth-order valence-corrected chi connectivity index (χ4v) is 2.86. The first kappa shape index (κ1) is 20.4. The molecule has 8 heteroatoms. The Bertz CT molecular complexity index is 538. The van der Waals surface area contributed by atoms with Crippen molar-refractivity contribution in [1.29, 1.82) is 0 Å². The van der Waals surface area contributed by atoms with Crippen LogP contribution in [0.15, 0.2) is 12.3 Å². The van der Waals surface area contributed by atoms with E-state index in [1.54, 1.807) is 18.0 Å². The van der Waals surface area contributed by atoms with Gasteiger partial charge in [0.05, 0.1) is 12.6 Å². The van der Waals surface area contributed by atoms with Crippen molar-refractivity contribution in [3.05, 3.63) is 18.0 Å². The molecule has 1 aromatic rings. The molecule has 0 bridgehead atoms. The van der Waals surface area contributed by atoms with Crippen LogP contribution in [0, 0.1) is 0 Å². The summed E-state index contributed by atoms with van der Waals surface area (Å²) in [4.78, 5) is 27.7. The maximum absolute atomic E-state index is 12.4. The summed E-state index contributed by atoms with van der Waals surface area (Å²) in [6, 6.07) is 2.03. The highest BCUT2D eigenvalue weighted by molar-refractivity contribution is 5.94. The minimum atomic E-state index is -0.215. The highest BCUT2D eigenvalue weighted by Crippen LogP contribution is 2.16. The lowest BCUT2D eigenvalue weighted by Crippen LogP contribution is -2.41. The van der Waals surface area contributed by atoms with Crippen LogP contribution in [0.5, 0.6) is 0 Å². The summed E-state index contributed by atoms with van der Waals surface area (Å²) in [6.45, 7) is 7.18. The van der Waals surface area contributed by atoms with E-state index in [-0.39, 0.29) is 30.8 Å². The smallest absolute Gasteiger partial charge is 0.274 e. The lowest BCUT2D eigenvalue weighted by atomic mass is 10.1. The van der Waals surface area contributed by atoms with E-state index in [4.69, 9.17) is 0 Å². The third-order valence-corrected chi connectivity index (χ3v) is 4.31. The normalized spacial score (nSPS) is 17.0. The maximum Gasteiger partial charge on any atom is 0.274 e. The Morgan fingerprint density at radius 2 is 2.08 bits per heavy atom. The SMILES string of the molecule is CCN(CC)C(=O)CN(C)C(=O)c1ccn(C2CCCNC2)n1.Cl. The second-order valence-electron chi connectivity index (χ2n) is 5.91. The monoisotopic (exact) mass is 357 g/mol. The van der Waals surface area contributed by atoms with Gasteiger partial charge in [-0.2, -0.15) is 5.10 Å². The summed E-state index contributed by atoms with van der Waals surface area (Å²) >= 11 is 0. The molecule has 0 aliphatic carbocycles. The predicted molar refractivity (Wildman–Crippen MR) is 95.5 cm³/mol. The first-order valence-electron chi connectivity index (χ1n) is 8.35. The fourth-order valence-electron chi connectivity index (χ4n) is 2.86. The average molecular weight is 358 g/mol. The van der Waals surface area contributed by atoms with Crippen LogP contribution in [-0.2, 0) is 4.79 Å². The molecule has 1 saturated heterocycles. The molecule has 136 valence electrons. The quantitative estimate of drug-likeness (QED) is 0.829. The zero-order chi connectivity index (χ0) is 16.8. The Hall–Kier alpha value is -1.60. The van der Waals surface area contributed by atoms with E-state index in [2.05, 4.69) is 10.4 Å². The van der Waals surface area contributed by atoms with Crippen molar-refractivity contribution in [3.63, 3.8) is 0 Å². The van der Waals surface area contributed by atoms with Crippen LogP contribution in [0.1, 0.15) is 43.2 Å². The molecule has 0 radical (unpaired) electrons. The molecule has 0 saturated carbocycles. The van der Waals surface area contributed by atoms with Crippen LogP contribution in [0.4, 0.5) is 0 Å². The van der Waals surface area contributed by atoms with Gasteiger partial charge >= 0.3 is 0 Å². The van der Waals surface area contributed by atoms with Crippen molar-refractivity contribution >= 4 is 24.2 Å². The van der Waals surface area contributed by atoms with Gasteiger partial charge in [0.25, 0.3) is 5.91 Å². The highest BCUT2D eigenvalue weighted by atomic mass is 35.5. The van der Waals surface area contributed by atoms with Gasteiger partial charge in [-0.25, -0.2) is 0 Å². The Morgan fingerprint density at radius 1 is 1.38 bits per heavy atom. The number of likely N-dealkylation sites (N-methyl/N-ethyl adjacent to an activating group) is 2. The molecule has 1 aromatic heterocycles. The molecule has 2 rings (SSSR count). The number of carbonyl (C=O) groups is 2. The van der Waals surface area contributed by atoms with Crippen molar-refractivity contribution in [2.45, 2.75) is 32.7 Å². The third kappa shape index (κ3) is 4.95. The molecule has 7 nitrogen and oxygen atoms in total. The number of nitrogens with zero attached hydrogens (tertiary/aromatic N) is 4. The number of nitrogens with one attached hydrogen (secondary N) is 1. The average Bonchev–Trinajstić information content (AvgIpc) is 3.06. The molecular weight excluding hydrogens is 330 g/mol. The van der Waals surface area contributed by atoms with Crippen LogP contribution in [0.25, 0.3) is 0 Å². The van der Waals surface area contributed by atoms with Gasteiger partial charge in [-0.15, -0.1) is 12.4 Å². The van der Waals surface area contributed by atoms with Gasteiger partial charge in [0.15, 0.2) is 0 Å². The third-order valence-electron chi connectivity index (χ3n) is 4.31. The molecule has 1 atom stereocenters. The van der Waals surface area contributed by atoms with Crippen molar-refractivity contribution in [1.82, 2.24) is 24.9 Å². The molecule has 1 aliphatic rings. The molecule has 0 aromatic carbocycles. The Kier molecular flexibility index (Phi) is 8.21. The summed E-state index contributed by atoms with van der Waals surface area (Å²) in [7, 11) is 1.64. The molecule has 2 amide bonds. The fraction of sp³-hybridized carbons (Fsp3) is 0.688. The first-order chi connectivity index (χ1) is 11.1. The van der Waals surface area contributed by atoms with E-state index in [1.807, 2.05) is 24.7 Å². The molecule has 24 heavy (non-hydrogen) atoms. The number of halogens is 1. The van der Waals surface area contributed by atoms with E-state index >= 15 is 0 Å². The number of piperidine rings is 1. The molecule has 1 aliphatic heterocycles. The maximum atomic E-state index is 12.4. The van der Waals surface area contributed by atoms with Crippen LogP contribution in [0.3, 0.4) is 0 Å². The lowest BCUT2D eigenvalue weighted by molar-refractivity contribution is -0.131. The van der Waals surface area contributed by atoms with E-state index in [0.717, 1.165) is 25.9 Å². The van der Waals surface area contributed by atoms with Gasteiger partial charge in [0.2, 0.25) is 5.91 Å². The number of hydrogen-bond donors (Lipinski definition) is 1. The summed E-state index contributed by atoms with van der Waals surface area (Å²) in [6.07, 6.45) is 4.04. The number of hydrogen-bond acceptors (Lipinski definition) is 4. The number of rotatable bonds is 6. The van der Waals surface area contributed by atoms with E-state index in [0.29, 0.717) is 24.8 Å². The topological polar surface area (TPSA) is 70.5 Å². The summed E-state index contributed by atoms with van der Waals surface area (Å²) in [5, 5.41) is 7.75.